The molecular formula is C21H22FNO3. The molecule has 0 radical (unpaired) electrons. The van der Waals surface area contributed by atoms with Crippen LogP contribution in [0.5, 0.6) is 11.5 Å². The highest BCUT2D eigenvalue weighted by Crippen LogP contribution is 2.32. The van der Waals surface area contributed by atoms with Crippen LogP contribution < -0.4 is 14.4 Å². The van der Waals surface area contributed by atoms with Crippen LogP contribution in [-0.2, 0) is 11.2 Å². The number of benzene rings is 2. The SMILES string of the molecule is COc1ccc(/C=C/C(=O)N2c3ccc(F)cc3CC[C@@H]2C)cc1OC. The van der Waals surface area contributed by atoms with Crippen LogP contribution in [0, 0.1) is 5.82 Å². The molecular weight excluding hydrogens is 333 g/mol. The van der Waals surface area contributed by atoms with Gasteiger partial charge in [-0.05, 0) is 67.3 Å². The number of ether oxygens (including phenoxy) is 2. The summed E-state index contributed by atoms with van der Waals surface area (Å²) >= 11 is 0. The molecule has 136 valence electrons. The first-order valence-corrected chi connectivity index (χ1v) is 8.55. The molecule has 0 spiro atoms. The summed E-state index contributed by atoms with van der Waals surface area (Å²) in [5.41, 5.74) is 2.49. The molecule has 2 aromatic carbocycles. The van der Waals surface area contributed by atoms with Crippen molar-refractivity contribution < 1.29 is 18.7 Å². The molecule has 2 aromatic rings. The van der Waals surface area contributed by atoms with Crippen LogP contribution in [0.4, 0.5) is 10.1 Å². The second-order valence-corrected chi connectivity index (χ2v) is 6.32. The smallest absolute Gasteiger partial charge is 0.251 e. The van der Waals surface area contributed by atoms with E-state index in [0.717, 1.165) is 29.7 Å². The Labute approximate surface area is 152 Å². The number of rotatable bonds is 4. The molecule has 1 heterocycles. The first kappa shape index (κ1) is 18.0. The van der Waals surface area contributed by atoms with E-state index in [9.17, 15) is 9.18 Å². The van der Waals surface area contributed by atoms with Crippen LogP contribution >= 0.6 is 0 Å². The van der Waals surface area contributed by atoms with E-state index in [1.807, 2.05) is 19.1 Å². The molecule has 0 aliphatic carbocycles. The number of hydrogen-bond acceptors (Lipinski definition) is 3. The average molecular weight is 355 g/mol. The standard InChI is InChI=1S/C21H22FNO3/c1-14-4-7-16-13-17(22)8-9-18(16)23(14)21(24)11-6-15-5-10-19(25-2)20(12-15)26-3/h5-6,8-14H,4,7H2,1-3H3/b11-6+/t14-/m0/s1. The third-order valence-corrected chi connectivity index (χ3v) is 4.64. The zero-order chi connectivity index (χ0) is 18.7. The molecule has 1 atom stereocenters. The topological polar surface area (TPSA) is 38.8 Å². The number of halogens is 1. The Kier molecular flexibility index (Phi) is 5.26. The molecule has 0 saturated carbocycles. The fourth-order valence-electron chi connectivity index (χ4n) is 3.26. The van der Waals surface area contributed by atoms with Gasteiger partial charge in [-0.15, -0.1) is 0 Å². The summed E-state index contributed by atoms with van der Waals surface area (Å²) in [5, 5.41) is 0. The number of aryl methyl sites for hydroxylation is 1. The lowest BCUT2D eigenvalue weighted by atomic mass is 9.96. The lowest BCUT2D eigenvalue weighted by Crippen LogP contribution is -2.41. The number of anilines is 1. The van der Waals surface area contributed by atoms with Crippen molar-refractivity contribution in [1.82, 2.24) is 0 Å². The minimum Gasteiger partial charge on any atom is -0.493 e. The Bertz CT molecular complexity index is 847. The summed E-state index contributed by atoms with van der Waals surface area (Å²) in [4.78, 5) is 14.5. The van der Waals surface area contributed by atoms with Crippen LogP contribution in [0.2, 0.25) is 0 Å². The van der Waals surface area contributed by atoms with E-state index in [4.69, 9.17) is 9.47 Å². The summed E-state index contributed by atoms with van der Waals surface area (Å²) < 4.78 is 24.0. The van der Waals surface area contributed by atoms with Crippen molar-refractivity contribution in [2.45, 2.75) is 25.8 Å². The van der Waals surface area contributed by atoms with Gasteiger partial charge in [0.25, 0.3) is 5.91 Å². The third kappa shape index (κ3) is 3.57. The predicted molar refractivity (Wildman–Crippen MR) is 100 cm³/mol. The zero-order valence-corrected chi connectivity index (χ0v) is 15.2. The molecule has 0 N–H and O–H groups in total. The van der Waals surface area contributed by atoms with E-state index in [0.29, 0.717) is 11.5 Å². The number of methoxy groups -OCH3 is 2. The van der Waals surface area contributed by atoms with Gasteiger partial charge in [0, 0.05) is 17.8 Å². The van der Waals surface area contributed by atoms with E-state index >= 15 is 0 Å². The molecule has 0 bridgehead atoms. The molecule has 4 nitrogen and oxygen atoms in total. The summed E-state index contributed by atoms with van der Waals surface area (Å²) in [6, 6.07) is 10.1. The van der Waals surface area contributed by atoms with Crippen molar-refractivity contribution in [2.75, 3.05) is 19.1 Å². The monoisotopic (exact) mass is 355 g/mol. The highest BCUT2D eigenvalue weighted by atomic mass is 19.1. The fourth-order valence-corrected chi connectivity index (χ4v) is 3.26. The molecule has 0 saturated heterocycles. The minimum absolute atomic E-state index is 0.0653. The van der Waals surface area contributed by atoms with E-state index in [2.05, 4.69) is 0 Å². The molecule has 0 aromatic heterocycles. The number of carbonyl (C=O) groups excluding carboxylic acids is 1. The quantitative estimate of drug-likeness (QED) is 0.771. The number of hydrogen-bond donors (Lipinski definition) is 0. The molecule has 1 amide bonds. The van der Waals surface area contributed by atoms with Gasteiger partial charge in [-0.3, -0.25) is 4.79 Å². The van der Waals surface area contributed by atoms with Crippen molar-refractivity contribution in [2.24, 2.45) is 0 Å². The zero-order valence-electron chi connectivity index (χ0n) is 15.2. The second-order valence-electron chi connectivity index (χ2n) is 6.32. The van der Waals surface area contributed by atoms with Crippen LogP contribution in [0.25, 0.3) is 6.08 Å². The maximum atomic E-state index is 13.5. The van der Waals surface area contributed by atoms with E-state index in [1.165, 1.54) is 18.2 Å². The van der Waals surface area contributed by atoms with Gasteiger partial charge < -0.3 is 14.4 Å². The average Bonchev–Trinajstić information content (AvgIpc) is 2.65. The number of nitrogens with zero attached hydrogens (tertiary/aromatic N) is 1. The fraction of sp³-hybridized carbons (Fsp3) is 0.286. The largest absolute Gasteiger partial charge is 0.493 e. The summed E-state index contributed by atoms with van der Waals surface area (Å²) in [6.45, 7) is 2.01. The van der Waals surface area contributed by atoms with Crippen molar-refractivity contribution in [3.63, 3.8) is 0 Å². The van der Waals surface area contributed by atoms with Gasteiger partial charge in [0.1, 0.15) is 5.82 Å². The van der Waals surface area contributed by atoms with Crippen molar-refractivity contribution in [1.29, 1.82) is 0 Å². The van der Waals surface area contributed by atoms with Crippen LogP contribution in [-0.4, -0.2) is 26.2 Å². The molecule has 26 heavy (non-hydrogen) atoms. The van der Waals surface area contributed by atoms with Gasteiger partial charge in [-0.25, -0.2) is 4.39 Å². The second kappa shape index (κ2) is 7.60. The van der Waals surface area contributed by atoms with Gasteiger partial charge in [0.2, 0.25) is 0 Å². The van der Waals surface area contributed by atoms with E-state index in [-0.39, 0.29) is 17.8 Å². The number of amides is 1. The molecule has 3 rings (SSSR count). The van der Waals surface area contributed by atoms with Crippen molar-refractivity contribution in [3.05, 3.63) is 59.4 Å². The van der Waals surface area contributed by atoms with Gasteiger partial charge in [-0.1, -0.05) is 6.07 Å². The number of carbonyl (C=O) groups is 1. The maximum absolute atomic E-state index is 13.5. The summed E-state index contributed by atoms with van der Waals surface area (Å²) in [5.74, 6) is 0.845. The van der Waals surface area contributed by atoms with Crippen LogP contribution in [0.15, 0.2) is 42.5 Å². The van der Waals surface area contributed by atoms with Crippen molar-refractivity contribution in [3.8, 4) is 11.5 Å². The Morgan fingerprint density at radius 1 is 1.15 bits per heavy atom. The van der Waals surface area contributed by atoms with Gasteiger partial charge >= 0.3 is 0 Å². The molecule has 1 aliphatic rings. The highest BCUT2D eigenvalue weighted by molar-refractivity contribution is 6.05. The maximum Gasteiger partial charge on any atom is 0.251 e. The molecule has 0 fully saturated rings. The van der Waals surface area contributed by atoms with E-state index < -0.39 is 0 Å². The molecule has 5 heteroatoms. The van der Waals surface area contributed by atoms with Gasteiger partial charge in [-0.2, -0.15) is 0 Å². The van der Waals surface area contributed by atoms with Gasteiger partial charge in [0.15, 0.2) is 11.5 Å². The van der Waals surface area contributed by atoms with Gasteiger partial charge in [0.05, 0.1) is 14.2 Å². The van der Waals surface area contributed by atoms with Crippen LogP contribution in [0.1, 0.15) is 24.5 Å². The molecule has 1 aliphatic heterocycles. The Morgan fingerprint density at radius 2 is 1.92 bits per heavy atom. The first-order chi connectivity index (χ1) is 12.5. The lowest BCUT2D eigenvalue weighted by Gasteiger charge is -2.34. The predicted octanol–water partition coefficient (Wildman–Crippen LogP) is 4.22. The Hall–Kier alpha value is -2.82. The summed E-state index contributed by atoms with van der Waals surface area (Å²) in [6.07, 6.45) is 4.87. The Balaban J connectivity index is 1.85. The van der Waals surface area contributed by atoms with Crippen molar-refractivity contribution >= 4 is 17.7 Å². The third-order valence-electron chi connectivity index (χ3n) is 4.64. The van der Waals surface area contributed by atoms with Crippen LogP contribution in [0.3, 0.4) is 0 Å². The first-order valence-electron chi connectivity index (χ1n) is 8.55. The lowest BCUT2D eigenvalue weighted by molar-refractivity contribution is -0.114. The summed E-state index contributed by atoms with van der Waals surface area (Å²) in [7, 11) is 3.15. The Morgan fingerprint density at radius 3 is 2.65 bits per heavy atom. The normalized spacial score (nSPS) is 16.5. The highest BCUT2D eigenvalue weighted by Gasteiger charge is 2.27. The number of fused-ring (bicyclic) bond motifs is 1. The minimum atomic E-state index is -0.272. The van der Waals surface area contributed by atoms with E-state index in [1.54, 1.807) is 37.3 Å². The molecule has 0 unspecified atom stereocenters.